The van der Waals surface area contributed by atoms with Gasteiger partial charge in [0.15, 0.2) is 0 Å². The first-order valence-electron chi connectivity index (χ1n) is 8.42. The van der Waals surface area contributed by atoms with Gasteiger partial charge in [0.05, 0.1) is 12.6 Å². The van der Waals surface area contributed by atoms with Crippen LogP contribution in [-0.2, 0) is 22.4 Å². The largest absolute Gasteiger partial charge is 0.356 e. The van der Waals surface area contributed by atoms with Crippen LogP contribution in [0.2, 0.25) is 0 Å². The quantitative estimate of drug-likeness (QED) is 0.788. The molecular weight excluding hydrogens is 298 g/mol. The fourth-order valence-electron chi connectivity index (χ4n) is 3.18. The summed E-state index contributed by atoms with van der Waals surface area (Å²) in [6.45, 7) is 2.45. The zero-order valence-electron chi connectivity index (χ0n) is 14.0. The van der Waals surface area contributed by atoms with Crippen LogP contribution in [0.4, 0.5) is 0 Å². The SMILES string of the molecule is C/C=C/C(=O)N1[C@@H](Cc2ccccc2)CO[C@H]1Cc1ccccc1. The third kappa shape index (κ3) is 3.92. The Hall–Kier alpha value is -2.39. The zero-order valence-corrected chi connectivity index (χ0v) is 14.0. The lowest BCUT2D eigenvalue weighted by molar-refractivity contribution is -0.132. The van der Waals surface area contributed by atoms with Gasteiger partial charge in [0.25, 0.3) is 0 Å². The Morgan fingerprint density at radius 1 is 1.04 bits per heavy atom. The van der Waals surface area contributed by atoms with Crippen LogP contribution in [0.15, 0.2) is 72.8 Å². The number of amides is 1. The maximum absolute atomic E-state index is 12.6. The van der Waals surface area contributed by atoms with E-state index in [1.807, 2.05) is 48.2 Å². The molecule has 1 heterocycles. The number of benzene rings is 2. The Labute approximate surface area is 143 Å². The highest BCUT2D eigenvalue weighted by Crippen LogP contribution is 2.24. The molecule has 0 aromatic heterocycles. The van der Waals surface area contributed by atoms with Gasteiger partial charge in [-0.2, -0.15) is 0 Å². The summed E-state index contributed by atoms with van der Waals surface area (Å²) in [5.41, 5.74) is 2.41. The third-order valence-electron chi connectivity index (χ3n) is 4.32. The van der Waals surface area contributed by atoms with Crippen molar-refractivity contribution in [2.75, 3.05) is 6.61 Å². The second-order valence-corrected chi connectivity index (χ2v) is 6.07. The summed E-state index contributed by atoms with van der Waals surface area (Å²) in [5.74, 6) is 0.0249. The molecule has 0 saturated carbocycles. The first kappa shape index (κ1) is 16.5. The van der Waals surface area contributed by atoms with Gasteiger partial charge in [0.1, 0.15) is 6.23 Å². The van der Waals surface area contributed by atoms with Crippen molar-refractivity contribution in [3.8, 4) is 0 Å². The number of hydrogen-bond donors (Lipinski definition) is 0. The predicted octanol–water partition coefficient (Wildman–Crippen LogP) is 3.60. The van der Waals surface area contributed by atoms with Crippen LogP contribution in [0.3, 0.4) is 0 Å². The van der Waals surface area contributed by atoms with Crippen LogP contribution in [-0.4, -0.2) is 29.7 Å². The lowest BCUT2D eigenvalue weighted by atomic mass is 10.0. The highest BCUT2D eigenvalue weighted by Gasteiger charge is 2.36. The lowest BCUT2D eigenvalue weighted by Gasteiger charge is -2.27. The number of hydrogen-bond acceptors (Lipinski definition) is 2. The van der Waals surface area contributed by atoms with Crippen LogP contribution in [0.1, 0.15) is 18.1 Å². The number of ether oxygens (including phenoxy) is 1. The highest BCUT2D eigenvalue weighted by molar-refractivity contribution is 5.88. The minimum absolute atomic E-state index is 0.0249. The van der Waals surface area contributed by atoms with Crippen LogP contribution in [0, 0.1) is 0 Å². The van der Waals surface area contributed by atoms with E-state index >= 15 is 0 Å². The predicted molar refractivity (Wildman–Crippen MR) is 95.5 cm³/mol. The number of rotatable bonds is 5. The van der Waals surface area contributed by atoms with E-state index in [9.17, 15) is 4.79 Å². The number of carbonyl (C=O) groups excluding carboxylic acids is 1. The van der Waals surface area contributed by atoms with Crippen LogP contribution in [0.5, 0.6) is 0 Å². The summed E-state index contributed by atoms with van der Waals surface area (Å²) in [5, 5.41) is 0. The number of carbonyl (C=O) groups is 1. The number of allylic oxidation sites excluding steroid dienone is 1. The van der Waals surface area contributed by atoms with Gasteiger partial charge in [-0.05, 0) is 30.5 Å². The molecule has 124 valence electrons. The smallest absolute Gasteiger partial charge is 0.248 e. The molecule has 0 bridgehead atoms. The van der Waals surface area contributed by atoms with Crippen LogP contribution < -0.4 is 0 Å². The Morgan fingerprint density at radius 3 is 2.21 bits per heavy atom. The van der Waals surface area contributed by atoms with E-state index in [1.165, 1.54) is 11.1 Å². The summed E-state index contributed by atoms with van der Waals surface area (Å²) in [6, 6.07) is 20.5. The first-order valence-corrected chi connectivity index (χ1v) is 8.42. The first-order chi connectivity index (χ1) is 11.8. The fourth-order valence-corrected chi connectivity index (χ4v) is 3.18. The Kier molecular flexibility index (Phi) is 5.44. The van der Waals surface area contributed by atoms with E-state index in [4.69, 9.17) is 4.74 Å². The van der Waals surface area contributed by atoms with Crippen LogP contribution in [0.25, 0.3) is 0 Å². The molecule has 0 unspecified atom stereocenters. The maximum atomic E-state index is 12.6. The molecule has 0 N–H and O–H groups in total. The minimum Gasteiger partial charge on any atom is -0.356 e. The molecule has 3 heteroatoms. The van der Waals surface area contributed by atoms with Gasteiger partial charge in [-0.1, -0.05) is 66.7 Å². The molecule has 1 saturated heterocycles. The second kappa shape index (κ2) is 7.93. The second-order valence-electron chi connectivity index (χ2n) is 6.07. The highest BCUT2D eigenvalue weighted by atomic mass is 16.5. The molecule has 0 radical (unpaired) electrons. The van der Waals surface area contributed by atoms with Crippen molar-refractivity contribution in [1.82, 2.24) is 4.90 Å². The van der Waals surface area contributed by atoms with Crippen molar-refractivity contribution in [3.63, 3.8) is 0 Å². The summed E-state index contributed by atoms with van der Waals surface area (Å²) in [7, 11) is 0. The number of nitrogens with zero attached hydrogens (tertiary/aromatic N) is 1. The van der Waals surface area contributed by atoms with E-state index in [2.05, 4.69) is 24.3 Å². The van der Waals surface area contributed by atoms with Gasteiger partial charge in [0.2, 0.25) is 5.91 Å². The normalized spacial score (nSPS) is 20.6. The molecule has 1 amide bonds. The summed E-state index contributed by atoms with van der Waals surface area (Å²) >= 11 is 0. The Bertz CT molecular complexity index is 632. The van der Waals surface area contributed by atoms with E-state index in [0.29, 0.717) is 6.61 Å². The van der Waals surface area contributed by atoms with Gasteiger partial charge in [-0.25, -0.2) is 0 Å². The lowest BCUT2D eigenvalue weighted by Crippen LogP contribution is -2.43. The van der Waals surface area contributed by atoms with Crippen molar-refractivity contribution < 1.29 is 9.53 Å². The molecular formula is C21H23NO2. The van der Waals surface area contributed by atoms with Gasteiger partial charge >= 0.3 is 0 Å². The summed E-state index contributed by atoms with van der Waals surface area (Å²) in [4.78, 5) is 14.5. The van der Waals surface area contributed by atoms with Gasteiger partial charge in [0, 0.05) is 6.42 Å². The molecule has 3 nitrogen and oxygen atoms in total. The molecule has 2 aromatic rings. The van der Waals surface area contributed by atoms with Gasteiger partial charge in [-0.15, -0.1) is 0 Å². The molecule has 24 heavy (non-hydrogen) atoms. The minimum atomic E-state index is -0.204. The van der Waals surface area contributed by atoms with E-state index in [-0.39, 0.29) is 18.2 Å². The molecule has 1 aliphatic rings. The fraction of sp³-hybridized carbons (Fsp3) is 0.286. The van der Waals surface area contributed by atoms with Gasteiger partial charge < -0.3 is 9.64 Å². The molecule has 2 atom stereocenters. The molecule has 3 rings (SSSR count). The van der Waals surface area contributed by atoms with Crippen molar-refractivity contribution >= 4 is 5.91 Å². The average molecular weight is 321 g/mol. The Morgan fingerprint density at radius 2 is 1.62 bits per heavy atom. The van der Waals surface area contributed by atoms with Crippen molar-refractivity contribution in [3.05, 3.63) is 83.9 Å². The standard InChI is InChI=1S/C21H23NO2/c1-2-9-20(23)22-19(14-17-10-5-3-6-11-17)16-24-21(22)15-18-12-7-4-8-13-18/h2-13,19,21H,14-16H2,1H3/b9-2+/t19-,21-/m0/s1. The monoisotopic (exact) mass is 321 g/mol. The molecule has 2 aromatic carbocycles. The molecule has 0 aliphatic carbocycles. The zero-order chi connectivity index (χ0) is 16.8. The van der Waals surface area contributed by atoms with E-state index in [0.717, 1.165) is 12.8 Å². The Balaban J connectivity index is 1.78. The molecule has 0 spiro atoms. The summed E-state index contributed by atoms with van der Waals surface area (Å²) in [6.07, 6.45) is 4.75. The van der Waals surface area contributed by atoms with Crippen molar-refractivity contribution in [2.24, 2.45) is 0 Å². The van der Waals surface area contributed by atoms with Crippen molar-refractivity contribution in [1.29, 1.82) is 0 Å². The average Bonchev–Trinajstić information content (AvgIpc) is 2.99. The van der Waals surface area contributed by atoms with Crippen molar-refractivity contribution in [2.45, 2.75) is 32.0 Å². The maximum Gasteiger partial charge on any atom is 0.248 e. The third-order valence-corrected chi connectivity index (χ3v) is 4.32. The molecule has 1 fully saturated rings. The topological polar surface area (TPSA) is 29.5 Å². The molecule has 1 aliphatic heterocycles. The van der Waals surface area contributed by atoms with Crippen LogP contribution >= 0.6 is 0 Å². The van der Waals surface area contributed by atoms with Gasteiger partial charge in [-0.3, -0.25) is 4.79 Å². The van der Waals surface area contributed by atoms with E-state index in [1.54, 1.807) is 12.2 Å². The van der Waals surface area contributed by atoms with E-state index < -0.39 is 0 Å². The summed E-state index contributed by atoms with van der Waals surface area (Å²) < 4.78 is 5.99.